The van der Waals surface area contributed by atoms with E-state index in [9.17, 15) is 14.9 Å². The molecule has 0 aromatic heterocycles. The minimum Gasteiger partial charge on any atom is -0.497 e. The van der Waals surface area contributed by atoms with Gasteiger partial charge in [-0.2, -0.15) is 5.26 Å². The highest BCUT2D eigenvalue weighted by Crippen LogP contribution is 2.25. The van der Waals surface area contributed by atoms with Crippen LogP contribution in [0.5, 0.6) is 5.75 Å². The number of nitrogens with one attached hydrogen (secondary N) is 1. The van der Waals surface area contributed by atoms with Crippen LogP contribution in [0.15, 0.2) is 48.0 Å². The fourth-order valence-electron chi connectivity index (χ4n) is 3.21. The van der Waals surface area contributed by atoms with Gasteiger partial charge in [-0.1, -0.05) is 18.2 Å². The third kappa shape index (κ3) is 5.02. The Hall–Kier alpha value is -3.59. The summed E-state index contributed by atoms with van der Waals surface area (Å²) < 4.78 is 10.3. The summed E-state index contributed by atoms with van der Waals surface area (Å²) in [7, 11) is 1.53. The van der Waals surface area contributed by atoms with E-state index < -0.39 is 18.0 Å². The van der Waals surface area contributed by atoms with Gasteiger partial charge in [0, 0.05) is 5.69 Å². The van der Waals surface area contributed by atoms with E-state index in [0.717, 1.165) is 19.3 Å². The average molecular weight is 390 g/mol. The van der Waals surface area contributed by atoms with Gasteiger partial charge in [-0.3, -0.25) is 4.79 Å². The van der Waals surface area contributed by atoms with Gasteiger partial charge in [0.15, 0.2) is 6.10 Å². The second-order valence-corrected chi connectivity index (χ2v) is 6.82. The van der Waals surface area contributed by atoms with Crippen LogP contribution in [0.2, 0.25) is 0 Å². The molecular weight excluding hydrogens is 368 g/mol. The highest BCUT2D eigenvalue weighted by Gasteiger charge is 2.21. The van der Waals surface area contributed by atoms with Crippen LogP contribution in [-0.2, 0) is 27.2 Å². The van der Waals surface area contributed by atoms with Crippen LogP contribution >= 0.6 is 0 Å². The summed E-state index contributed by atoms with van der Waals surface area (Å²) in [6.45, 7) is 1.47. The van der Waals surface area contributed by atoms with Crippen LogP contribution in [0.25, 0.3) is 6.08 Å². The van der Waals surface area contributed by atoms with Gasteiger partial charge < -0.3 is 14.8 Å². The molecule has 3 rings (SSSR count). The molecule has 0 radical (unpaired) electrons. The van der Waals surface area contributed by atoms with Crippen molar-refractivity contribution in [3.05, 3.63) is 64.7 Å². The molecule has 29 heavy (non-hydrogen) atoms. The lowest BCUT2D eigenvalue weighted by atomic mass is 10.1. The van der Waals surface area contributed by atoms with E-state index in [0.29, 0.717) is 17.0 Å². The van der Waals surface area contributed by atoms with Crippen molar-refractivity contribution in [3.63, 3.8) is 0 Å². The van der Waals surface area contributed by atoms with Crippen LogP contribution < -0.4 is 10.1 Å². The fraction of sp³-hybridized carbons (Fsp3) is 0.261. The molecule has 6 heteroatoms. The van der Waals surface area contributed by atoms with Crippen molar-refractivity contribution < 1.29 is 19.1 Å². The number of nitrogens with zero attached hydrogens (tertiary/aromatic N) is 1. The van der Waals surface area contributed by atoms with Gasteiger partial charge in [0.25, 0.3) is 5.91 Å². The van der Waals surface area contributed by atoms with Crippen LogP contribution in [-0.4, -0.2) is 25.1 Å². The molecule has 0 spiro atoms. The number of hydrogen-bond donors (Lipinski definition) is 1. The standard InChI is InChI=1S/C23H22N2O4/c1-15(22(26)25-20-10-9-17-6-4-7-18(17)13-20)29-23(27)19(14-24)11-16-5-3-8-21(12-16)28-2/h3,5,8-13,15H,4,6-7H2,1-2H3,(H,25,26)/b19-11+/t15-/m0/s1. The molecule has 0 heterocycles. The van der Waals surface area contributed by atoms with Gasteiger partial charge in [0.1, 0.15) is 17.4 Å². The zero-order valence-corrected chi connectivity index (χ0v) is 16.4. The van der Waals surface area contributed by atoms with Gasteiger partial charge in [-0.05, 0) is 73.2 Å². The number of methoxy groups -OCH3 is 1. The first-order valence-electron chi connectivity index (χ1n) is 9.39. The number of ether oxygens (including phenoxy) is 2. The Kier molecular flexibility index (Phi) is 6.30. The monoisotopic (exact) mass is 390 g/mol. The molecule has 0 aliphatic heterocycles. The number of fused-ring (bicyclic) bond motifs is 1. The number of rotatable bonds is 6. The first-order valence-corrected chi connectivity index (χ1v) is 9.39. The average Bonchev–Trinajstić information content (AvgIpc) is 3.19. The van der Waals surface area contributed by atoms with Gasteiger partial charge in [0.2, 0.25) is 0 Å². The van der Waals surface area contributed by atoms with Crippen molar-refractivity contribution in [1.29, 1.82) is 5.26 Å². The van der Waals surface area contributed by atoms with Crippen molar-refractivity contribution in [1.82, 2.24) is 0 Å². The first kappa shape index (κ1) is 20.2. The molecule has 6 nitrogen and oxygen atoms in total. The van der Waals surface area contributed by atoms with Crippen molar-refractivity contribution in [2.24, 2.45) is 0 Å². The van der Waals surface area contributed by atoms with E-state index >= 15 is 0 Å². The molecule has 148 valence electrons. The van der Waals surface area contributed by atoms with Crippen molar-refractivity contribution >= 4 is 23.6 Å². The highest BCUT2D eigenvalue weighted by molar-refractivity contribution is 6.01. The van der Waals surface area contributed by atoms with Gasteiger partial charge in [0.05, 0.1) is 7.11 Å². The Morgan fingerprint density at radius 1 is 1.17 bits per heavy atom. The summed E-state index contributed by atoms with van der Waals surface area (Å²) in [5.74, 6) is -0.701. The number of carbonyl (C=O) groups is 2. The van der Waals surface area contributed by atoms with Crippen LogP contribution in [0.1, 0.15) is 30.0 Å². The molecule has 1 aliphatic rings. The number of benzene rings is 2. The lowest BCUT2D eigenvalue weighted by Gasteiger charge is -2.14. The molecule has 2 aromatic rings. The Balaban J connectivity index is 1.64. The zero-order valence-electron chi connectivity index (χ0n) is 16.4. The number of esters is 1. The lowest BCUT2D eigenvalue weighted by molar-refractivity contribution is -0.148. The lowest BCUT2D eigenvalue weighted by Crippen LogP contribution is -2.30. The molecule has 1 N–H and O–H groups in total. The molecule has 1 atom stereocenters. The minimum absolute atomic E-state index is 0.199. The van der Waals surface area contributed by atoms with Crippen molar-refractivity contribution in [2.45, 2.75) is 32.3 Å². The Bertz CT molecular complexity index is 1000. The minimum atomic E-state index is -1.04. The van der Waals surface area contributed by atoms with Crippen LogP contribution in [0, 0.1) is 11.3 Å². The highest BCUT2D eigenvalue weighted by atomic mass is 16.5. The predicted octanol–water partition coefficient (Wildman–Crippen LogP) is 3.66. The Morgan fingerprint density at radius 2 is 1.97 bits per heavy atom. The summed E-state index contributed by atoms with van der Waals surface area (Å²) in [5.41, 5.74) is 3.64. The normalized spacial score (nSPS) is 13.8. The molecule has 0 fully saturated rings. The summed E-state index contributed by atoms with van der Waals surface area (Å²) in [6, 6.07) is 14.6. The molecule has 0 unspecified atom stereocenters. The molecule has 0 saturated carbocycles. The van der Waals surface area contributed by atoms with Gasteiger partial charge in [-0.25, -0.2) is 4.79 Å². The Morgan fingerprint density at radius 3 is 2.72 bits per heavy atom. The van der Waals surface area contributed by atoms with E-state index in [-0.39, 0.29) is 5.57 Å². The maximum absolute atomic E-state index is 12.4. The largest absolute Gasteiger partial charge is 0.497 e. The number of aryl methyl sites for hydroxylation is 2. The van der Waals surface area contributed by atoms with Crippen LogP contribution in [0.4, 0.5) is 5.69 Å². The second kappa shape index (κ2) is 9.07. The summed E-state index contributed by atoms with van der Waals surface area (Å²) in [6.07, 6.45) is 3.55. The van der Waals surface area contributed by atoms with Crippen molar-refractivity contribution in [3.8, 4) is 11.8 Å². The molecule has 0 bridgehead atoms. The maximum atomic E-state index is 12.4. The third-order valence-corrected chi connectivity index (χ3v) is 4.76. The molecule has 1 amide bonds. The number of hydrogen-bond acceptors (Lipinski definition) is 5. The fourth-order valence-corrected chi connectivity index (χ4v) is 3.21. The van der Waals surface area contributed by atoms with E-state index in [4.69, 9.17) is 9.47 Å². The molecular formula is C23H22N2O4. The second-order valence-electron chi connectivity index (χ2n) is 6.82. The third-order valence-electron chi connectivity index (χ3n) is 4.76. The number of nitriles is 1. The van der Waals surface area contributed by atoms with Gasteiger partial charge in [-0.15, -0.1) is 0 Å². The summed E-state index contributed by atoms with van der Waals surface area (Å²) in [4.78, 5) is 24.7. The van der Waals surface area contributed by atoms with E-state index in [1.807, 2.05) is 24.3 Å². The molecule has 2 aromatic carbocycles. The SMILES string of the molecule is COc1cccc(/C=C(\C#N)C(=O)O[C@@H](C)C(=O)Nc2ccc3c(c2)CCC3)c1. The van der Waals surface area contributed by atoms with Crippen LogP contribution in [0.3, 0.4) is 0 Å². The zero-order chi connectivity index (χ0) is 20.8. The summed E-state index contributed by atoms with van der Waals surface area (Å²) in [5, 5.41) is 12.1. The maximum Gasteiger partial charge on any atom is 0.349 e. The topological polar surface area (TPSA) is 88.4 Å². The van der Waals surface area contributed by atoms with Gasteiger partial charge >= 0.3 is 5.97 Å². The number of carbonyl (C=O) groups excluding carboxylic acids is 2. The number of anilines is 1. The van der Waals surface area contributed by atoms with Crippen molar-refractivity contribution in [2.75, 3.05) is 12.4 Å². The summed E-state index contributed by atoms with van der Waals surface area (Å²) >= 11 is 0. The first-order chi connectivity index (χ1) is 14.0. The predicted molar refractivity (Wildman–Crippen MR) is 109 cm³/mol. The number of amides is 1. The quantitative estimate of drug-likeness (QED) is 0.462. The smallest absolute Gasteiger partial charge is 0.349 e. The van der Waals surface area contributed by atoms with E-state index in [2.05, 4.69) is 5.32 Å². The van der Waals surface area contributed by atoms with E-state index in [1.165, 1.54) is 31.2 Å². The molecule has 0 saturated heterocycles. The Labute approximate surface area is 169 Å². The molecule has 1 aliphatic carbocycles. The van der Waals surface area contributed by atoms with E-state index in [1.54, 1.807) is 24.3 Å².